The minimum absolute atomic E-state index is 0.113. The van der Waals surface area contributed by atoms with Crippen LogP contribution in [0, 0.1) is 0 Å². The normalized spacial score (nSPS) is 18.4. The summed E-state index contributed by atoms with van der Waals surface area (Å²) in [5, 5.41) is 2.25. The smallest absolute Gasteiger partial charge is 0.256 e. The maximum absolute atomic E-state index is 12.5. The fraction of sp³-hybridized carbons (Fsp3) is 0.429. The molecule has 1 unspecified atom stereocenters. The number of anilines is 1. The number of amides is 3. The molecule has 1 aliphatic heterocycles. The Balaban J connectivity index is 2.24. The van der Waals surface area contributed by atoms with E-state index in [9.17, 15) is 14.4 Å². The van der Waals surface area contributed by atoms with Crippen molar-refractivity contribution in [2.24, 2.45) is 0 Å². The maximum Gasteiger partial charge on any atom is 0.256 e. The second-order valence-corrected chi connectivity index (χ2v) is 5.07. The molecule has 0 aliphatic carbocycles. The Bertz CT molecular complexity index is 568. The maximum atomic E-state index is 12.5. The Hall–Kier alpha value is -2.44. The van der Waals surface area contributed by atoms with E-state index < -0.39 is 17.9 Å². The van der Waals surface area contributed by atoms with Crippen molar-refractivity contribution in [3.8, 4) is 0 Å². The Kier molecular flexibility index (Phi) is 4.21. The van der Waals surface area contributed by atoms with Gasteiger partial charge in [-0.1, -0.05) is 6.92 Å². The molecule has 1 fully saturated rings. The second-order valence-electron chi connectivity index (χ2n) is 5.07. The minimum Gasteiger partial charge on any atom is -0.363 e. The Morgan fingerprint density at radius 1 is 1.43 bits per heavy atom. The standard InChI is InChI=1S/C14H18N4O3/c1-4-10-13(20)16-12(19)8-18(10)14(21)9-5-6-11(15-7-9)17(2)3/h5-7,10H,4,8H2,1-3H3,(H,16,19,20). The van der Waals surface area contributed by atoms with Gasteiger partial charge in [0, 0.05) is 20.3 Å². The van der Waals surface area contributed by atoms with Crippen LogP contribution in [0.25, 0.3) is 0 Å². The van der Waals surface area contributed by atoms with Crippen molar-refractivity contribution in [2.45, 2.75) is 19.4 Å². The summed E-state index contributed by atoms with van der Waals surface area (Å²) in [5.41, 5.74) is 0.363. The SMILES string of the molecule is CCC1C(=O)NC(=O)CN1C(=O)c1ccc(N(C)C)nc1. The molecule has 1 aromatic heterocycles. The van der Waals surface area contributed by atoms with Crippen LogP contribution in [0.2, 0.25) is 0 Å². The van der Waals surface area contributed by atoms with E-state index in [2.05, 4.69) is 10.3 Å². The molecule has 1 atom stereocenters. The fourth-order valence-corrected chi connectivity index (χ4v) is 2.23. The molecule has 7 heteroatoms. The van der Waals surface area contributed by atoms with Crippen LogP contribution in [-0.4, -0.2) is 54.3 Å². The van der Waals surface area contributed by atoms with Gasteiger partial charge in [-0.05, 0) is 18.6 Å². The molecule has 21 heavy (non-hydrogen) atoms. The number of carbonyl (C=O) groups is 3. The van der Waals surface area contributed by atoms with Gasteiger partial charge in [0.1, 0.15) is 18.4 Å². The van der Waals surface area contributed by atoms with E-state index in [1.165, 1.54) is 11.1 Å². The van der Waals surface area contributed by atoms with E-state index in [0.717, 1.165) is 5.82 Å². The van der Waals surface area contributed by atoms with Gasteiger partial charge in [-0.15, -0.1) is 0 Å². The molecule has 1 N–H and O–H groups in total. The lowest BCUT2D eigenvalue weighted by atomic mass is 10.1. The zero-order chi connectivity index (χ0) is 15.6. The van der Waals surface area contributed by atoms with E-state index in [1.54, 1.807) is 19.1 Å². The summed E-state index contributed by atoms with van der Waals surface area (Å²) < 4.78 is 0. The van der Waals surface area contributed by atoms with Crippen molar-refractivity contribution < 1.29 is 14.4 Å². The quantitative estimate of drug-likeness (QED) is 0.794. The van der Waals surface area contributed by atoms with Crippen molar-refractivity contribution in [2.75, 3.05) is 25.5 Å². The molecule has 3 amide bonds. The molecule has 2 heterocycles. The van der Waals surface area contributed by atoms with E-state index in [-0.39, 0.29) is 12.5 Å². The minimum atomic E-state index is -0.622. The average Bonchev–Trinajstić information content (AvgIpc) is 2.46. The molecular weight excluding hydrogens is 272 g/mol. The van der Waals surface area contributed by atoms with Gasteiger partial charge in [0.2, 0.25) is 11.8 Å². The van der Waals surface area contributed by atoms with E-state index >= 15 is 0 Å². The number of nitrogens with zero attached hydrogens (tertiary/aromatic N) is 3. The average molecular weight is 290 g/mol. The zero-order valence-electron chi connectivity index (χ0n) is 12.3. The summed E-state index contributed by atoms with van der Waals surface area (Å²) in [6.45, 7) is 1.69. The van der Waals surface area contributed by atoms with Crippen LogP contribution in [0.3, 0.4) is 0 Å². The number of rotatable bonds is 3. The molecule has 0 aromatic carbocycles. The Morgan fingerprint density at radius 2 is 2.14 bits per heavy atom. The Labute approximate surface area is 122 Å². The van der Waals surface area contributed by atoms with Gasteiger partial charge in [-0.25, -0.2) is 4.98 Å². The first-order chi connectivity index (χ1) is 9.93. The third kappa shape index (κ3) is 3.01. The van der Waals surface area contributed by atoms with Crippen LogP contribution in [0.4, 0.5) is 5.82 Å². The largest absolute Gasteiger partial charge is 0.363 e. The molecular formula is C14H18N4O3. The predicted molar refractivity (Wildman–Crippen MR) is 76.8 cm³/mol. The topological polar surface area (TPSA) is 82.6 Å². The molecule has 1 aliphatic rings. The molecule has 7 nitrogen and oxygen atoms in total. The van der Waals surface area contributed by atoms with E-state index in [0.29, 0.717) is 12.0 Å². The fourth-order valence-electron chi connectivity index (χ4n) is 2.23. The van der Waals surface area contributed by atoms with E-state index in [4.69, 9.17) is 0 Å². The van der Waals surface area contributed by atoms with Gasteiger partial charge in [-0.2, -0.15) is 0 Å². The number of pyridine rings is 1. The van der Waals surface area contributed by atoms with Crippen LogP contribution >= 0.6 is 0 Å². The summed E-state index contributed by atoms with van der Waals surface area (Å²) in [6, 6.07) is 2.75. The highest BCUT2D eigenvalue weighted by Gasteiger charge is 2.35. The highest BCUT2D eigenvalue weighted by atomic mass is 16.2. The summed E-state index contributed by atoms with van der Waals surface area (Å²) in [4.78, 5) is 43.0. The molecule has 1 aromatic rings. The molecule has 0 radical (unpaired) electrons. The Morgan fingerprint density at radius 3 is 2.67 bits per heavy atom. The number of hydrogen-bond donors (Lipinski definition) is 1. The summed E-state index contributed by atoms with van der Waals surface area (Å²) >= 11 is 0. The van der Waals surface area contributed by atoms with E-state index in [1.807, 2.05) is 19.0 Å². The van der Waals surface area contributed by atoms with Crippen LogP contribution < -0.4 is 10.2 Å². The first kappa shape index (κ1) is 15.0. The summed E-state index contributed by atoms with van der Waals surface area (Å²) in [5.74, 6) is -0.523. The number of hydrogen-bond acceptors (Lipinski definition) is 5. The zero-order valence-corrected chi connectivity index (χ0v) is 12.3. The van der Waals surface area contributed by atoms with Crippen molar-refractivity contribution in [1.82, 2.24) is 15.2 Å². The number of nitrogens with one attached hydrogen (secondary N) is 1. The monoisotopic (exact) mass is 290 g/mol. The van der Waals surface area contributed by atoms with Gasteiger partial charge in [0.15, 0.2) is 0 Å². The highest BCUT2D eigenvalue weighted by molar-refractivity contribution is 6.07. The van der Waals surface area contributed by atoms with Crippen molar-refractivity contribution in [1.29, 1.82) is 0 Å². The number of carbonyl (C=O) groups excluding carboxylic acids is 3. The number of imide groups is 1. The predicted octanol–water partition coefficient (Wildman–Crippen LogP) is 0.0248. The van der Waals surface area contributed by atoms with Gasteiger partial charge in [0.25, 0.3) is 5.91 Å². The van der Waals surface area contributed by atoms with Gasteiger partial charge >= 0.3 is 0 Å². The summed E-state index contributed by atoms with van der Waals surface area (Å²) in [7, 11) is 3.70. The summed E-state index contributed by atoms with van der Waals surface area (Å²) in [6.07, 6.45) is 1.91. The molecule has 0 bridgehead atoms. The molecule has 0 saturated carbocycles. The van der Waals surface area contributed by atoms with Gasteiger partial charge < -0.3 is 9.80 Å². The van der Waals surface area contributed by atoms with Crippen LogP contribution in [0.15, 0.2) is 18.3 Å². The molecule has 2 rings (SSSR count). The number of piperazine rings is 1. The molecule has 1 saturated heterocycles. The van der Waals surface area contributed by atoms with Crippen molar-refractivity contribution in [3.63, 3.8) is 0 Å². The highest BCUT2D eigenvalue weighted by Crippen LogP contribution is 2.15. The first-order valence-electron chi connectivity index (χ1n) is 6.72. The van der Waals surface area contributed by atoms with Crippen LogP contribution in [0.5, 0.6) is 0 Å². The van der Waals surface area contributed by atoms with Crippen molar-refractivity contribution in [3.05, 3.63) is 23.9 Å². The lowest BCUT2D eigenvalue weighted by molar-refractivity contribution is -0.138. The molecule has 112 valence electrons. The third-order valence-corrected chi connectivity index (χ3v) is 3.36. The first-order valence-corrected chi connectivity index (χ1v) is 6.72. The van der Waals surface area contributed by atoms with Crippen molar-refractivity contribution >= 4 is 23.5 Å². The second kappa shape index (κ2) is 5.90. The lowest BCUT2D eigenvalue weighted by Crippen LogP contribution is -2.59. The van der Waals surface area contributed by atoms with Gasteiger partial charge in [0.05, 0.1) is 5.56 Å². The van der Waals surface area contributed by atoms with Crippen LogP contribution in [0.1, 0.15) is 23.7 Å². The van der Waals surface area contributed by atoms with Crippen LogP contribution in [-0.2, 0) is 9.59 Å². The number of aromatic nitrogens is 1. The lowest BCUT2D eigenvalue weighted by Gasteiger charge is -2.33. The van der Waals surface area contributed by atoms with Gasteiger partial charge in [-0.3, -0.25) is 19.7 Å². The molecule has 0 spiro atoms. The third-order valence-electron chi connectivity index (χ3n) is 3.36.